The molecule has 142 valence electrons. The minimum Gasteiger partial charge on any atom is -0.324 e. The van der Waals surface area contributed by atoms with Crippen LogP contribution in [0.5, 0.6) is 0 Å². The normalized spacial score (nSPS) is 20.6. The third-order valence-corrected chi connectivity index (χ3v) is 4.88. The molecule has 8 nitrogen and oxygen atoms in total. The van der Waals surface area contributed by atoms with Gasteiger partial charge in [-0.25, -0.2) is 4.90 Å². The second kappa shape index (κ2) is 7.21. The van der Waals surface area contributed by atoms with Gasteiger partial charge in [-0.1, -0.05) is 28.4 Å². The standard InChI is InChI=1S/C18H13Cl2N5O3/c19-10-1-5-12(6-2-10)21-14(26)9-24-16-15(22-23-24)17(27)25(18(16)28)13-7-3-11(20)4-8-13/h1-8,15-16H,9H2,(H,21,26)/t15-,16+/m1/s1. The largest absolute Gasteiger partial charge is 0.324 e. The average molecular weight is 418 g/mol. The lowest BCUT2D eigenvalue weighted by Gasteiger charge is -2.20. The highest BCUT2D eigenvalue weighted by molar-refractivity contribution is 6.31. The van der Waals surface area contributed by atoms with Crippen LogP contribution in [0.25, 0.3) is 0 Å². The van der Waals surface area contributed by atoms with Gasteiger partial charge < -0.3 is 5.32 Å². The molecule has 28 heavy (non-hydrogen) atoms. The smallest absolute Gasteiger partial charge is 0.263 e. The van der Waals surface area contributed by atoms with Crippen molar-refractivity contribution >= 4 is 52.3 Å². The third-order valence-electron chi connectivity index (χ3n) is 4.38. The van der Waals surface area contributed by atoms with E-state index in [9.17, 15) is 14.4 Å². The Bertz CT molecular complexity index is 978. The fourth-order valence-corrected chi connectivity index (χ4v) is 3.33. The van der Waals surface area contributed by atoms with Crippen molar-refractivity contribution in [1.29, 1.82) is 0 Å². The van der Waals surface area contributed by atoms with Crippen LogP contribution in [-0.4, -0.2) is 41.4 Å². The van der Waals surface area contributed by atoms with E-state index in [2.05, 4.69) is 15.7 Å². The van der Waals surface area contributed by atoms with Crippen LogP contribution in [0, 0.1) is 0 Å². The van der Waals surface area contributed by atoms with Crippen LogP contribution in [0.3, 0.4) is 0 Å². The van der Waals surface area contributed by atoms with E-state index in [1.807, 2.05) is 0 Å². The number of benzene rings is 2. The number of amides is 3. The molecule has 10 heteroatoms. The molecule has 1 saturated heterocycles. The molecule has 2 aliphatic heterocycles. The SMILES string of the molecule is O=C(CN1N=N[C@H]2C(=O)N(c3ccc(Cl)cc3)C(=O)[C@H]21)Nc1ccc(Cl)cc1. The molecular weight excluding hydrogens is 405 g/mol. The molecule has 0 aliphatic carbocycles. The van der Waals surface area contributed by atoms with E-state index in [1.54, 1.807) is 48.5 Å². The second-order valence-electron chi connectivity index (χ2n) is 6.24. The van der Waals surface area contributed by atoms with Crippen molar-refractivity contribution in [1.82, 2.24) is 5.01 Å². The topological polar surface area (TPSA) is 94.4 Å². The minimum absolute atomic E-state index is 0.221. The monoisotopic (exact) mass is 417 g/mol. The molecule has 0 radical (unpaired) electrons. The molecule has 0 aromatic heterocycles. The van der Waals surface area contributed by atoms with Crippen molar-refractivity contribution in [3.63, 3.8) is 0 Å². The highest BCUT2D eigenvalue weighted by Crippen LogP contribution is 2.32. The van der Waals surface area contributed by atoms with Gasteiger partial charge in [0.05, 0.1) is 5.69 Å². The summed E-state index contributed by atoms with van der Waals surface area (Å²) in [5, 5.41) is 12.7. The van der Waals surface area contributed by atoms with Gasteiger partial charge in [0, 0.05) is 15.7 Å². The van der Waals surface area contributed by atoms with Gasteiger partial charge in [0.2, 0.25) is 5.91 Å². The number of rotatable bonds is 4. The average Bonchev–Trinajstić information content (AvgIpc) is 3.18. The van der Waals surface area contributed by atoms with Gasteiger partial charge in [-0.05, 0) is 48.5 Å². The first-order valence-electron chi connectivity index (χ1n) is 8.30. The van der Waals surface area contributed by atoms with Crippen LogP contribution < -0.4 is 10.2 Å². The fraction of sp³-hybridized carbons (Fsp3) is 0.167. The van der Waals surface area contributed by atoms with Crippen molar-refractivity contribution in [2.45, 2.75) is 12.1 Å². The molecule has 2 atom stereocenters. The van der Waals surface area contributed by atoms with E-state index >= 15 is 0 Å². The number of hydrogen-bond acceptors (Lipinski definition) is 6. The van der Waals surface area contributed by atoms with Crippen LogP contribution >= 0.6 is 23.2 Å². The van der Waals surface area contributed by atoms with Crippen molar-refractivity contribution in [2.75, 3.05) is 16.8 Å². The van der Waals surface area contributed by atoms with Crippen molar-refractivity contribution in [3.8, 4) is 0 Å². The predicted octanol–water partition coefficient (Wildman–Crippen LogP) is 2.93. The number of fused-ring (bicyclic) bond motifs is 1. The summed E-state index contributed by atoms with van der Waals surface area (Å²) in [7, 11) is 0. The molecule has 4 rings (SSSR count). The Morgan fingerprint density at radius 1 is 0.964 bits per heavy atom. The Hall–Kier alpha value is -2.97. The lowest BCUT2D eigenvalue weighted by molar-refractivity contribution is -0.123. The van der Waals surface area contributed by atoms with Crippen LogP contribution in [0.4, 0.5) is 11.4 Å². The summed E-state index contributed by atoms with van der Waals surface area (Å²) in [6.45, 7) is -0.221. The molecule has 1 N–H and O–H groups in total. The molecular formula is C18H13Cl2N5O3. The summed E-state index contributed by atoms with van der Waals surface area (Å²) >= 11 is 11.7. The number of carbonyl (C=O) groups excluding carboxylic acids is 3. The third kappa shape index (κ3) is 3.32. The quantitative estimate of drug-likeness (QED) is 0.773. The van der Waals surface area contributed by atoms with Gasteiger partial charge >= 0.3 is 0 Å². The van der Waals surface area contributed by atoms with Gasteiger partial charge in [-0.2, -0.15) is 5.11 Å². The van der Waals surface area contributed by atoms with E-state index in [0.717, 1.165) is 4.90 Å². The molecule has 2 aromatic carbocycles. The maximum absolute atomic E-state index is 12.8. The zero-order chi connectivity index (χ0) is 19.8. The minimum atomic E-state index is -0.966. The van der Waals surface area contributed by atoms with Crippen molar-refractivity contribution in [2.24, 2.45) is 10.3 Å². The number of nitrogens with one attached hydrogen (secondary N) is 1. The molecule has 0 unspecified atom stereocenters. The Kier molecular flexibility index (Phi) is 4.74. The Morgan fingerprint density at radius 2 is 1.57 bits per heavy atom. The summed E-state index contributed by atoms with van der Waals surface area (Å²) in [4.78, 5) is 38.8. The van der Waals surface area contributed by atoms with Crippen LogP contribution in [0.2, 0.25) is 10.0 Å². The number of nitrogens with zero attached hydrogens (tertiary/aromatic N) is 4. The van der Waals surface area contributed by atoms with E-state index in [1.165, 1.54) is 5.01 Å². The highest BCUT2D eigenvalue weighted by atomic mass is 35.5. The molecule has 0 bridgehead atoms. The Labute approximate surface area is 169 Å². The van der Waals surface area contributed by atoms with Crippen molar-refractivity contribution < 1.29 is 14.4 Å². The van der Waals surface area contributed by atoms with E-state index in [4.69, 9.17) is 23.2 Å². The molecule has 3 amide bonds. The number of anilines is 2. The van der Waals surface area contributed by atoms with Crippen LogP contribution in [0.1, 0.15) is 0 Å². The van der Waals surface area contributed by atoms with E-state index in [-0.39, 0.29) is 6.54 Å². The molecule has 2 heterocycles. The number of halogens is 2. The van der Waals surface area contributed by atoms with Gasteiger partial charge in [0.15, 0.2) is 12.1 Å². The van der Waals surface area contributed by atoms with Crippen LogP contribution in [-0.2, 0) is 14.4 Å². The van der Waals surface area contributed by atoms with Crippen molar-refractivity contribution in [3.05, 3.63) is 58.6 Å². The predicted molar refractivity (Wildman–Crippen MR) is 103 cm³/mol. The van der Waals surface area contributed by atoms with Gasteiger partial charge in [-0.3, -0.25) is 19.4 Å². The number of carbonyl (C=O) groups is 3. The molecule has 2 aromatic rings. The summed E-state index contributed by atoms with van der Waals surface area (Å²) in [5.41, 5.74) is 0.952. The number of imide groups is 1. The fourth-order valence-electron chi connectivity index (χ4n) is 3.08. The lowest BCUT2D eigenvalue weighted by Crippen LogP contribution is -2.43. The molecule has 2 aliphatic rings. The van der Waals surface area contributed by atoms with Gasteiger partial charge in [0.1, 0.15) is 6.54 Å². The summed E-state index contributed by atoms with van der Waals surface area (Å²) in [6.07, 6.45) is 0. The maximum atomic E-state index is 12.8. The second-order valence-corrected chi connectivity index (χ2v) is 7.11. The van der Waals surface area contributed by atoms with Gasteiger partial charge in [-0.15, -0.1) is 0 Å². The summed E-state index contributed by atoms with van der Waals surface area (Å²) < 4.78 is 0. The first-order valence-corrected chi connectivity index (χ1v) is 9.06. The zero-order valence-electron chi connectivity index (χ0n) is 14.3. The maximum Gasteiger partial charge on any atom is 0.263 e. The Balaban J connectivity index is 1.48. The number of hydrogen-bond donors (Lipinski definition) is 1. The highest BCUT2D eigenvalue weighted by Gasteiger charge is 2.55. The zero-order valence-corrected chi connectivity index (χ0v) is 15.8. The summed E-state index contributed by atoms with van der Waals surface area (Å²) in [5.74, 6) is -1.37. The first-order chi connectivity index (χ1) is 13.4. The molecule has 0 spiro atoms. The lowest BCUT2D eigenvalue weighted by atomic mass is 10.1. The van der Waals surface area contributed by atoms with Gasteiger partial charge in [0.25, 0.3) is 11.8 Å². The van der Waals surface area contributed by atoms with E-state index in [0.29, 0.717) is 21.4 Å². The summed E-state index contributed by atoms with van der Waals surface area (Å²) in [6, 6.07) is 11.0. The Morgan fingerprint density at radius 3 is 2.21 bits per heavy atom. The first kappa shape index (κ1) is 18.4. The van der Waals surface area contributed by atoms with Crippen LogP contribution in [0.15, 0.2) is 58.9 Å². The van der Waals surface area contributed by atoms with E-state index < -0.39 is 29.8 Å². The molecule has 0 saturated carbocycles. The molecule has 1 fully saturated rings.